The summed E-state index contributed by atoms with van der Waals surface area (Å²) in [5, 5.41) is 9.63. The van der Waals surface area contributed by atoms with Gasteiger partial charge in [0.05, 0.1) is 23.9 Å². The molecule has 1 atom stereocenters. The largest absolute Gasteiger partial charge is 0.384 e. The van der Waals surface area contributed by atoms with E-state index in [4.69, 9.17) is 4.98 Å². The number of hydrogen-bond donors (Lipinski definition) is 1. The summed E-state index contributed by atoms with van der Waals surface area (Å²) in [6, 6.07) is 12.2. The zero-order chi connectivity index (χ0) is 19.7. The van der Waals surface area contributed by atoms with Gasteiger partial charge in [0.15, 0.2) is 5.65 Å². The fraction of sp³-hybridized carbons (Fsp3) is 0.381. The Kier molecular flexibility index (Phi) is 5.00. The number of carbonyl (C=O) groups excluding carboxylic acids is 1. The third kappa shape index (κ3) is 3.45. The second-order valence-electron chi connectivity index (χ2n) is 7.29. The van der Waals surface area contributed by atoms with Gasteiger partial charge in [0, 0.05) is 20.1 Å². The highest BCUT2D eigenvalue weighted by Crippen LogP contribution is 2.28. The summed E-state index contributed by atoms with van der Waals surface area (Å²) in [7, 11) is 1.65. The Labute approximate surface area is 164 Å². The molecule has 1 N–H and O–H groups in total. The van der Waals surface area contributed by atoms with Crippen LogP contribution in [0.1, 0.15) is 25.3 Å². The van der Waals surface area contributed by atoms with Crippen molar-refractivity contribution in [3.05, 3.63) is 48.2 Å². The first kappa shape index (κ1) is 18.4. The number of benzene rings is 1. The van der Waals surface area contributed by atoms with E-state index >= 15 is 0 Å². The van der Waals surface area contributed by atoms with Crippen molar-refractivity contribution in [3.63, 3.8) is 0 Å². The summed E-state index contributed by atoms with van der Waals surface area (Å²) in [5.74, 6) is 0.556. The fourth-order valence-electron chi connectivity index (χ4n) is 3.65. The summed E-state index contributed by atoms with van der Waals surface area (Å²) in [4.78, 5) is 25.2. The Morgan fingerprint density at radius 3 is 2.64 bits per heavy atom. The smallest absolute Gasteiger partial charge is 0.255 e. The lowest BCUT2D eigenvalue weighted by atomic mass is 10.2. The Morgan fingerprint density at radius 2 is 1.96 bits per heavy atom. The van der Waals surface area contributed by atoms with Crippen molar-refractivity contribution < 1.29 is 9.90 Å². The molecule has 2 aromatic heterocycles. The van der Waals surface area contributed by atoms with Crippen LogP contribution >= 0.6 is 0 Å². The predicted octanol–water partition coefficient (Wildman–Crippen LogP) is 2.42. The van der Waals surface area contributed by atoms with Gasteiger partial charge in [0.2, 0.25) is 5.95 Å². The highest BCUT2D eigenvalue weighted by atomic mass is 16.3. The van der Waals surface area contributed by atoms with Gasteiger partial charge in [0.1, 0.15) is 6.10 Å². The first-order valence-corrected chi connectivity index (χ1v) is 9.65. The van der Waals surface area contributed by atoms with Crippen LogP contribution in [0, 0.1) is 0 Å². The maximum absolute atomic E-state index is 12.2. The first-order chi connectivity index (χ1) is 13.5. The van der Waals surface area contributed by atoms with Gasteiger partial charge in [-0.25, -0.2) is 4.98 Å². The van der Waals surface area contributed by atoms with Crippen LogP contribution in [-0.4, -0.2) is 51.8 Å². The van der Waals surface area contributed by atoms with Gasteiger partial charge in [-0.3, -0.25) is 4.79 Å². The standard InChI is InChI=1S/C21H25N5O2/c1-15(27)20(28)24(2)17-12-18-19(22-13-17)23-21(25-10-6-7-11-25)26(18)14-16-8-4-3-5-9-16/h3-5,8-9,12-13,15,27H,6-7,10-11,14H2,1-2H3/t15-/m0/s1. The lowest BCUT2D eigenvalue weighted by Gasteiger charge is -2.20. The lowest BCUT2D eigenvalue weighted by molar-refractivity contribution is -0.125. The van der Waals surface area contributed by atoms with Gasteiger partial charge in [-0.05, 0) is 31.4 Å². The summed E-state index contributed by atoms with van der Waals surface area (Å²) >= 11 is 0. The Balaban J connectivity index is 1.80. The number of anilines is 2. The van der Waals surface area contributed by atoms with Crippen LogP contribution in [0.25, 0.3) is 11.2 Å². The monoisotopic (exact) mass is 379 g/mol. The van der Waals surface area contributed by atoms with Gasteiger partial charge in [-0.1, -0.05) is 30.3 Å². The van der Waals surface area contributed by atoms with E-state index in [9.17, 15) is 9.90 Å². The van der Waals surface area contributed by atoms with Gasteiger partial charge in [0.25, 0.3) is 5.91 Å². The number of hydrogen-bond acceptors (Lipinski definition) is 5. The Hall–Kier alpha value is -2.93. The van der Waals surface area contributed by atoms with E-state index in [2.05, 4.69) is 26.6 Å². The molecule has 3 aromatic rings. The van der Waals surface area contributed by atoms with Gasteiger partial charge in [-0.15, -0.1) is 0 Å². The second kappa shape index (κ2) is 7.59. The molecule has 7 heteroatoms. The quantitative estimate of drug-likeness (QED) is 0.737. The molecule has 146 valence electrons. The minimum absolute atomic E-state index is 0.366. The highest BCUT2D eigenvalue weighted by Gasteiger charge is 2.23. The molecule has 0 bridgehead atoms. The van der Waals surface area contributed by atoms with Crippen LogP contribution in [0.2, 0.25) is 0 Å². The molecule has 1 aromatic carbocycles. The van der Waals surface area contributed by atoms with Crippen molar-refractivity contribution >= 4 is 28.7 Å². The van der Waals surface area contributed by atoms with Crippen molar-refractivity contribution in [1.29, 1.82) is 0 Å². The molecule has 0 saturated carbocycles. The number of imidazole rings is 1. The molecule has 0 aliphatic carbocycles. The van der Waals surface area contributed by atoms with E-state index in [0.717, 1.165) is 24.6 Å². The van der Waals surface area contributed by atoms with Crippen LogP contribution < -0.4 is 9.80 Å². The molecule has 1 aliphatic heterocycles. The molecule has 4 rings (SSSR count). The molecule has 3 heterocycles. The van der Waals surface area contributed by atoms with E-state index in [1.165, 1.54) is 30.2 Å². The lowest BCUT2D eigenvalue weighted by Crippen LogP contribution is -2.34. The van der Waals surface area contributed by atoms with Gasteiger partial charge in [-0.2, -0.15) is 4.98 Å². The zero-order valence-electron chi connectivity index (χ0n) is 16.2. The van der Waals surface area contributed by atoms with Crippen molar-refractivity contribution in [1.82, 2.24) is 14.5 Å². The molecule has 1 aliphatic rings. The van der Waals surface area contributed by atoms with Crippen LogP contribution in [0.5, 0.6) is 0 Å². The minimum Gasteiger partial charge on any atom is -0.384 e. The molecule has 1 fully saturated rings. The third-order valence-corrected chi connectivity index (χ3v) is 5.22. The minimum atomic E-state index is -1.06. The molecular formula is C21H25N5O2. The first-order valence-electron chi connectivity index (χ1n) is 9.65. The van der Waals surface area contributed by atoms with E-state index in [1.807, 2.05) is 24.3 Å². The zero-order valence-corrected chi connectivity index (χ0v) is 16.2. The maximum atomic E-state index is 12.2. The number of pyridine rings is 1. The molecule has 1 amide bonds. The average Bonchev–Trinajstić information content (AvgIpc) is 3.35. The molecule has 1 saturated heterocycles. The summed E-state index contributed by atoms with van der Waals surface area (Å²) in [6.45, 7) is 4.13. The van der Waals surface area contributed by atoms with Crippen LogP contribution in [0.3, 0.4) is 0 Å². The van der Waals surface area contributed by atoms with Crippen molar-refractivity contribution in [2.24, 2.45) is 0 Å². The number of amides is 1. The number of rotatable bonds is 5. The number of aliphatic hydroxyl groups is 1. The number of aromatic nitrogens is 3. The van der Waals surface area contributed by atoms with Crippen LogP contribution in [0.15, 0.2) is 42.6 Å². The van der Waals surface area contributed by atoms with E-state index in [-0.39, 0.29) is 5.91 Å². The normalized spacial score (nSPS) is 15.2. The summed E-state index contributed by atoms with van der Waals surface area (Å²) in [5.41, 5.74) is 3.37. The third-order valence-electron chi connectivity index (χ3n) is 5.22. The summed E-state index contributed by atoms with van der Waals surface area (Å²) in [6.07, 6.45) is 2.91. The second-order valence-corrected chi connectivity index (χ2v) is 7.29. The van der Waals surface area contributed by atoms with E-state index in [1.54, 1.807) is 13.2 Å². The fourth-order valence-corrected chi connectivity index (χ4v) is 3.65. The molecule has 0 spiro atoms. The number of carbonyl (C=O) groups is 1. The molecule has 0 unspecified atom stereocenters. The molecular weight excluding hydrogens is 354 g/mol. The number of aliphatic hydroxyl groups excluding tert-OH is 1. The topological polar surface area (TPSA) is 74.5 Å². The highest BCUT2D eigenvalue weighted by molar-refractivity contribution is 5.96. The SMILES string of the molecule is C[C@H](O)C(=O)N(C)c1cnc2nc(N3CCCC3)n(Cc3ccccc3)c2c1. The molecule has 0 radical (unpaired) electrons. The van der Waals surface area contributed by atoms with Crippen molar-refractivity contribution in [2.45, 2.75) is 32.4 Å². The number of fused-ring (bicyclic) bond motifs is 1. The summed E-state index contributed by atoms with van der Waals surface area (Å²) < 4.78 is 2.17. The van der Waals surface area contributed by atoms with E-state index < -0.39 is 6.10 Å². The van der Waals surface area contributed by atoms with Crippen molar-refractivity contribution in [3.8, 4) is 0 Å². The van der Waals surface area contributed by atoms with Crippen LogP contribution in [0.4, 0.5) is 11.6 Å². The molecule has 28 heavy (non-hydrogen) atoms. The Bertz CT molecular complexity index is 977. The Morgan fingerprint density at radius 1 is 1.25 bits per heavy atom. The van der Waals surface area contributed by atoms with Crippen molar-refractivity contribution in [2.75, 3.05) is 29.9 Å². The predicted molar refractivity (Wildman–Crippen MR) is 110 cm³/mol. The maximum Gasteiger partial charge on any atom is 0.255 e. The van der Waals surface area contributed by atoms with Gasteiger partial charge < -0.3 is 19.5 Å². The molecule has 7 nitrogen and oxygen atoms in total. The van der Waals surface area contributed by atoms with Crippen LogP contribution in [-0.2, 0) is 11.3 Å². The van der Waals surface area contributed by atoms with Gasteiger partial charge >= 0.3 is 0 Å². The number of likely N-dealkylation sites (N-methyl/N-ethyl adjacent to an activating group) is 1. The average molecular weight is 379 g/mol. The number of nitrogens with zero attached hydrogens (tertiary/aromatic N) is 5. The van der Waals surface area contributed by atoms with E-state index in [0.29, 0.717) is 17.9 Å².